The molecule has 1 aliphatic heterocycles. The van der Waals surface area contributed by atoms with Crippen molar-refractivity contribution in [1.29, 1.82) is 0 Å². The molecule has 2 aromatic rings. The van der Waals surface area contributed by atoms with Crippen LogP contribution in [0.5, 0.6) is 5.88 Å². The van der Waals surface area contributed by atoms with Gasteiger partial charge in [0, 0.05) is 37.5 Å². The number of likely N-dealkylation sites (tertiary alicyclic amines) is 1. The fraction of sp³-hybridized carbons (Fsp3) is 0.455. The van der Waals surface area contributed by atoms with Crippen LogP contribution in [-0.4, -0.2) is 59.2 Å². The number of nitrogens with zero attached hydrogens (tertiary/aromatic N) is 3. The van der Waals surface area contributed by atoms with E-state index in [1.54, 1.807) is 32.9 Å². The quantitative estimate of drug-likeness (QED) is 0.699. The Bertz CT molecular complexity index is 1050. The molecule has 0 aromatic carbocycles. The van der Waals surface area contributed by atoms with Gasteiger partial charge in [-0.15, -0.1) is 0 Å². The second-order valence-corrected chi connectivity index (χ2v) is 8.61. The standard InChI is InChI=1S/C22H28FN5O4/c1-22(2,3)32-21(30)26-9-13-11-28(12-15(13)20(24)29)8-7-14-16(23)10-25-17-5-6-18(31-4)27-19(14)17/h5-6,9-10,15H,7-8,11-12H2,1-4H3,(H2,24,29)(H,26,30)/b13-9-/t15-/m1/s1. The Balaban J connectivity index is 1.72. The van der Waals surface area contributed by atoms with E-state index in [1.165, 1.54) is 19.5 Å². The summed E-state index contributed by atoms with van der Waals surface area (Å²) in [5.74, 6) is -1.12. The Morgan fingerprint density at radius 3 is 2.78 bits per heavy atom. The molecule has 3 heterocycles. The van der Waals surface area contributed by atoms with Crippen molar-refractivity contribution in [1.82, 2.24) is 20.2 Å². The fourth-order valence-electron chi connectivity index (χ4n) is 3.56. The number of rotatable bonds is 6. The van der Waals surface area contributed by atoms with E-state index < -0.39 is 29.3 Å². The van der Waals surface area contributed by atoms with E-state index in [0.717, 1.165) is 0 Å². The molecule has 10 heteroatoms. The van der Waals surface area contributed by atoms with Crippen molar-refractivity contribution in [3.8, 4) is 5.88 Å². The molecule has 2 aromatic heterocycles. The number of hydrogen-bond acceptors (Lipinski definition) is 7. The van der Waals surface area contributed by atoms with Gasteiger partial charge in [-0.3, -0.25) is 20.0 Å². The lowest BCUT2D eigenvalue weighted by atomic mass is 10.0. The van der Waals surface area contributed by atoms with Gasteiger partial charge in [-0.1, -0.05) is 0 Å². The zero-order chi connectivity index (χ0) is 23.5. The lowest BCUT2D eigenvalue weighted by molar-refractivity contribution is -0.120. The van der Waals surface area contributed by atoms with Gasteiger partial charge >= 0.3 is 6.09 Å². The first kappa shape index (κ1) is 23.4. The first-order valence-corrected chi connectivity index (χ1v) is 10.3. The number of halogens is 1. The summed E-state index contributed by atoms with van der Waals surface area (Å²) in [4.78, 5) is 34.3. The molecule has 0 aliphatic carbocycles. The van der Waals surface area contributed by atoms with E-state index in [0.29, 0.717) is 54.1 Å². The number of carbonyl (C=O) groups excluding carboxylic acids is 2. The van der Waals surface area contributed by atoms with E-state index >= 15 is 0 Å². The summed E-state index contributed by atoms with van der Waals surface area (Å²) in [5, 5.41) is 2.56. The Kier molecular flexibility index (Phi) is 6.93. The highest BCUT2D eigenvalue weighted by atomic mass is 19.1. The predicted octanol–water partition coefficient (Wildman–Crippen LogP) is 2.15. The van der Waals surface area contributed by atoms with Gasteiger partial charge in [-0.2, -0.15) is 0 Å². The SMILES string of the molecule is COc1ccc2ncc(F)c(CCN3C/C(=C/NC(=O)OC(C)(C)C)[C@H](C(N)=O)C3)c2n1. The molecular formula is C22H28FN5O4. The third kappa shape index (κ3) is 5.70. The van der Waals surface area contributed by atoms with Crippen LogP contribution in [0.25, 0.3) is 11.0 Å². The van der Waals surface area contributed by atoms with Crippen LogP contribution < -0.4 is 15.8 Å². The molecule has 1 aliphatic rings. The molecule has 1 saturated heterocycles. The maximum Gasteiger partial charge on any atom is 0.411 e. The smallest absolute Gasteiger partial charge is 0.411 e. The van der Waals surface area contributed by atoms with Gasteiger partial charge in [0.25, 0.3) is 0 Å². The highest BCUT2D eigenvalue weighted by Gasteiger charge is 2.32. The maximum atomic E-state index is 14.5. The molecule has 0 unspecified atom stereocenters. The average molecular weight is 445 g/mol. The zero-order valence-electron chi connectivity index (χ0n) is 18.6. The fourth-order valence-corrected chi connectivity index (χ4v) is 3.56. The molecule has 1 fully saturated rings. The lowest BCUT2D eigenvalue weighted by Gasteiger charge is -2.19. The van der Waals surface area contributed by atoms with Crippen molar-refractivity contribution in [2.24, 2.45) is 11.7 Å². The molecule has 0 bridgehead atoms. The Labute approximate surface area is 185 Å². The van der Waals surface area contributed by atoms with Crippen LogP contribution in [0.2, 0.25) is 0 Å². The number of primary amides is 1. The van der Waals surface area contributed by atoms with Crippen LogP contribution in [-0.2, 0) is 16.0 Å². The monoisotopic (exact) mass is 445 g/mol. The number of ether oxygens (including phenoxy) is 2. The van der Waals surface area contributed by atoms with Crippen molar-refractivity contribution < 1.29 is 23.5 Å². The van der Waals surface area contributed by atoms with Gasteiger partial charge in [0.05, 0.1) is 30.3 Å². The van der Waals surface area contributed by atoms with E-state index in [9.17, 15) is 14.0 Å². The second kappa shape index (κ2) is 9.47. The minimum atomic E-state index is -0.637. The number of amides is 2. The van der Waals surface area contributed by atoms with Gasteiger partial charge < -0.3 is 15.2 Å². The van der Waals surface area contributed by atoms with E-state index in [1.807, 2.05) is 4.90 Å². The second-order valence-electron chi connectivity index (χ2n) is 8.61. The summed E-state index contributed by atoms with van der Waals surface area (Å²) in [6.45, 7) is 6.52. The molecule has 2 amide bonds. The lowest BCUT2D eigenvalue weighted by Crippen LogP contribution is -2.31. The zero-order valence-corrected chi connectivity index (χ0v) is 18.6. The van der Waals surface area contributed by atoms with E-state index in [-0.39, 0.29) is 0 Å². The molecule has 172 valence electrons. The first-order valence-electron chi connectivity index (χ1n) is 10.3. The van der Waals surface area contributed by atoms with Crippen molar-refractivity contribution >= 4 is 23.0 Å². The maximum absolute atomic E-state index is 14.5. The van der Waals surface area contributed by atoms with Crippen molar-refractivity contribution in [2.45, 2.75) is 32.8 Å². The molecule has 0 saturated carbocycles. The van der Waals surface area contributed by atoms with Gasteiger partial charge in [0.1, 0.15) is 11.4 Å². The number of methoxy groups -OCH3 is 1. The summed E-state index contributed by atoms with van der Waals surface area (Å²) in [5.41, 5.74) is 7.02. The third-order valence-electron chi connectivity index (χ3n) is 5.04. The van der Waals surface area contributed by atoms with Crippen LogP contribution in [0.1, 0.15) is 26.3 Å². The average Bonchev–Trinajstić information content (AvgIpc) is 3.13. The normalized spacial score (nSPS) is 18.2. The minimum Gasteiger partial charge on any atom is -0.481 e. The Morgan fingerprint density at radius 1 is 1.38 bits per heavy atom. The number of aromatic nitrogens is 2. The van der Waals surface area contributed by atoms with Crippen LogP contribution in [0.15, 0.2) is 30.1 Å². The number of fused-ring (bicyclic) bond motifs is 1. The predicted molar refractivity (Wildman–Crippen MR) is 116 cm³/mol. The highest BCUT2D eigenvalue weighted by Crippen LogP contribution is 2.25. The first-order chi connectivity index (χ1) is 15.1. The number of alkyl carbamates (subject to hydrolysis) is 1. The molecular weight excluding hydrogens is 417 g/mol. The minimum absolute atomic E-state index is 0.350. The number of pyridine rings is 2. The number of nitrogens with two attached hydrogens (primary N) is 1. The topological polar surface area (TPSA) is 120 Å². The van der Waals surface area contributed by atoms with Crippen molar-refractivity contribution in [3.63, 3.8) is 0 Å². The molecule has 3 rings (SSSR count). The molecule has 3 N–H and O–H groups in total. The Hall–Kier alpha value is -3.27. The molecule has 1 atom stereocenters. The summed E-state index contributed by atoms with van der Waals surface area (Å²) in [6.07, 6.45) is 2.39. The van der Waals surface area contributed by atoms with Crippen molar-refractivity contribution in [2.75, 3.05) is 26.7 Å². The third-order valence-corrected chi connectivity index (χ3v) is 5.04. The number of carbonyl (C=O) groups is 2. The summed E-state index contributed by atoms with van der Waals surface area (Å²) >= 11 is 0. The van der Waals surface area contributed by atoms with Crippen LogP contribution in [0.3, 0.4) is 0 Å². The molecule has 9 nitrogen and oxygen atoms in total. The van der Waals surface area contributed by atoms with Gasteiger partial charge in [-0.25, -0.2) is 14.2 Å². The van der Waals surface area contributed by atoms with Gasteiger partial charge in [-0.05, 0) is 38.8 Å². The highest BCUT2D eigenvalue weighted by molar-refractivity contribution is 5.81. The Morgan fingerprint density at radius 2 is 2.12 bits per heavy atom. The van der Waals surface area contributed by atoms with Gasteiger partial charge in [0.15, 0.2) is 0 Å². The summed E-state index contributed by atoms with van der Waals surface area (Å²) in [7, 11) is 1.49. The number of hydrogen-bond donors (Lipinski definition) is 2. The molecule has 0 radical (unpaired) electrons. The van der Waals surface area contributed by atoms with E-state index in [2.05, 4.69) is 15.3 Å². The summed E-state index contributed by atoms with van der Waals surface area (Å²) < 4.78 is 24.9. The number of nitrogens with one attached hydrogen (secondary N) is 1. The van der Waals surface area contributed by atoms with Crippen molar-refractivity contribution in [3.05, 3.63) is 41.5 Å². The largest absolute Gasteiger partial charge is 0.481 e. The molecule has 0 spiro atoms. The molecule has 32 heavy (non-hydrogen) atoms. The van der Waals surface area contributed by atoms with Crippen LogP contribution in [0.4, 0.5) is 9.18 Å². The van der Waals surface area contributed by atoms with E-state index in [4.69, 9.17) is 15.2 Å². The van der Waals surface area contributed by atoms with Crippen LogP contribution >= 0.6 is 0 Å². The van der Waals surface area contributed by atoms with Crippen LogP contribution in [0, 0.1) is 11.7 Å². The van der Waals surface area contributed by atoms with Gasteiger partial charge in [0.2, 0.25) is 11.8 Å². The summed E-state index contributed by atoms with van der Waals surface area (Å²) in [6, 6.07) is 3.40.